The minimum Gasteiger partial charge on any atom is -0.792 e. The number of H-pyrrole nitrogens is 1. The standard InChI is InChI=1S/C14H14N2O6.2K/c17-12(18)11(16-22)6-14(21,13(19)20)5-8-7-15-10-4-2-1-3-9(8)10;;/h1-4,7,15,21-22H,5-6H2,(H,17,18)(H,19,20);;/q;2*+1/p-2. The molecule has 2 rings (SSSR count). The fourth-order valence-corrected chi connectivity index (χ4v) is 2.22. The maximum Gasteiger partial charge on any atom is 1.00 e. The van der Waals surface area contributed by atoms with Crippen molar-refractivity contribution in [3.05, 3.63) is 41.2 Å². The summed E-state index contributed by atoms with van der Waals surface area (Å²) in [6.45, 7) is 0. The van der Waals surface area contributed by atoms with E-state index in [1.807, 2.05) is 0 Å². The summed E-state index contributed by atoms with van der Waals surface area (Å²) >= 11 is 0. The van der Waals surface area contributed by atoms with Crippen molar-refractivity contribution < 1.29 is 128 Å². The van der Waals surface area contributed by atoms with E-state index in [2.05, 4.69) is 10.1 Å². The Bertz CT molecular complexity index is 761. The van der Waals surface area contributed by atoms with Crippen LogP contribution in [0.1, 0.15) is 12.0 Å². The molecule has 1 unspecified atom stereocenters. The van der Waals surface area contributed by atoms with Crippen molar-refractivity contribution in [2.45, 2.75) is 18.4 Å². The van der Waals surface area contributed by atoms with Crippen molar-refractivity contribution in [1.29, 1.82) is 0 Å². The number of carbonyl (C=O) groups excluding carboxylic acids is 1. The molecule has 0 aliphatic rings. The van der Waals surface area contributed by atoms with Crippen molar-refractivity contribution in [1.82, 2.24) is 4.98 Å². The van der Waals surface area contributed by atoms with Gasteiger partial charge in [-0.05, 0) is 11.6 Å². The van der Waals surface area contributed by atoms with E-state index in [-0.39, 0.29) is 103 Å². The number of aromatic nitrogens is 1. The van der Waals surface area contributed by atoms with Crippen LogP contribution in [0.3, 0.4) is 0 Å². The molecule has 0 saturated heterocycles. The molecule has 0 radical (unpaired) electrons. The molecule has 3 N–H and O–H groups in total. The van der Waals surface area contributed by atoms with Crippen molar-refractivity contribution in [2.75, 3.05) is 0 Å². The van der Waals surface area contributed by atoms with Crippen molar-refractivity contribution >= 4 is 28.6 Å². The molecule has 0 spiro atoms. The quantitative estimate of drug-likeness (QED) is 0.257. The fourth-order valence-electron chi connectivity index (χ4n) is 2.22. The molecule has 10 heteroatoms. The Balaban J connectivity index is 0.00000264. The number of aromatic amines is 1. The van der Waals surface area contributed by atoms with Crippen molar-refractivity contribution in [3.63, 3.8) is 0 Å². The molecular formula is C14H12K2N2O6. The molecule has 1 aromatic heterocycles. The molecule has 24 heavy (non-hydrogen) atoms. The number of nitrogens with zero attached hydrogens (tertiary/aromatic N) is 1. The molecule has 1 heterocycles. The van der Waals surface area contributed by atoms with Gasteiger partial charge in [-0.15, -0.1) is 0 Å². The summed E-state index contributed by atoms with van der Waals surface area (Å²) in [5, 5.41) is 43.6. The zero-order valence-electron chi connectivity index (χ0n) is 13.3. The minimum atomic E-state index is -2.55. The molecule has 1 atom stereocenters. The Hall–Kier alpha value is 0.403. The predicted octanol–water partition coefficient (Wildman–Crippen LogP) is -6.39. The van der Waals surface area contributed by atoms with Gasteiger partial charge in [-0.2, -0.15) is 0 Å². The van der Waals surface area contributed by atoms with E-state index in [0.29, 0.717) is 10.9 Å². The van der Waals surface area contributed by atoms with Gasteiger partial charge in [-0.3, -0.25) is 0 Å². The third-order valence-electron chi connectivity index (χ3n) is 3.35. The number of carboxylic acid groups (broad SMARTS) is 2. The first-order valence-corrected chi connectivity index (χ1v) is 6.28. The maximum absolute atomic E-state index is 11.2. The van der Waals surface area contributed by atoms with Gasteiger partial charge < -0.3 is 35.5 Å². The number of carbonyl (C=O) groups is 2. The number of carboxylic acids is 2. The Morgan fingerprint density at radius 3 is 2.42 bits per heavy atom. The van der Waals surface area contributed by atoms with Crippen LogP contribution in [0.15, 0.2) is 35.6 Å². The number of aliphatic hydroxyl groups is 1. The fraction of sp³-hybridized carbons (Fsp3) is 0.214. The second kappa shape index (κ2) is 10.5. The molecule has 116 valence electrons. The average molecular weight is 382 g/mol. The van der Waals surface area contributed by atoms with Crippen LogP contribution in [0.2, 0.25) is 0 Å². The van der Waals surface area contributed by atoms with E-state index in [1.165, 1.54) is 6.20 Å². The maximum atomic E-state index is 11.2. The summed E-state index contributed by atoms with van der Waals surface area (Å²) in [4.78, 5) is 24.9. The van der Waals surface area contributed by atoms with Gasteiger partial charge >= 0.3 is 109 Å². The summed E-state index contributed by atoms with van der Waals surface area (Å²) in [6.07, 6.45) is 0.132. The SMILES string of the molecule is O=C(O)C(CC(O)(Cc1c[nH]c2ccccc12)C(=O)[O-])=N[O-].[K+].[K+]. The number of hydrogen-bond donors (Lipinski definition) is 3. The van der Waals surface area contributed by atoms with Crippen molar-refractivity contribution in [3.8, 4) is 0 Å². The summed E-state index contributed by atoms with van der Waals surface area (Å²) < 4.78 is 0. The van der Waals surface area contributed by atoms with Crippen LogP contribution < -0.4 is 108 Å². The van der Waals surface area contributed by atoms with Crippen LogP contribution in [0, 0.1) is 5.21 Å². The molecule has 0 bridgehead atoms. The van der Waals surface area contributed by atoms with Gasteiger partial charge in [0, 0.05) is 29.9 Å². The molecule has 0 aliphatic heterocycles. The number of fused-ring (bicyclic) bond motifs is 1. The smallest absolute Gasteiger partial charge is 0.792 e. The Kier molecular flexibility index (Phi) is 10.7. The summed E-state index contributed by atoms with van der Waals surface area (Å²) in [6, 6.07) is 7.00. The largest absolute Gasteiger partial charge is 1.00 e. The Morgan fingerprint density at radius 1 is 1.25 bits per heavy atom. The number of hydrogen-bond acceptors (Lipinski definition) is 6. The second-order valence-corrected chi connectivity index (χ2v) is 4.88. The van der Waals surface area contributed by atoms with Gasteiger partial charge in [-0.25, -0.2) is 4.79 Å². The number of aliphatic carboxylic acids is 2. The predicted molar refractivity (Wildman–Crippen MR) is 75.0 cm³/mol. The molecule has 0 saturated carbocycles. The van der Waals surface area contributed by atoms with Gasteiger partial charge in [0.1, 0.15) is 11.3 Å². The van der Waals surface area contributed by atoms with E-state index in [9.17, 15) is 25.0 Å². The first-order valence-electron chi connectivity index (χ1n) is 6.28. The normalized spacial score (nSPS) is 13.5. The molecular weight excluding hydrogens is 370 g/mol. The van der Waals surface area contributed by atoms with Crippen LogP contribution in [-0.2, 0) is 16.0 Å². The first-order chi connectivity index (χ1) is 10.4. The second-order valence-electron chi connectivity index (χ2n) is 4.88. The van der Waals surface area contributed by atoms with E-state index >= 15 is 0 Å². The van der Waals surface area contributed by atoms with Gasteiger partial charge in [0.25, 0.3) is 0 Å². The molecule has 0 fully saturated rings. The topological polar surface area (TPSA) is 149 Å². The molecule has 1 aromatic carbocycles. The third kappa shape index (κ3) is 5.71. The van der Waals surface area contributed by atoms with Gasteiger partial charge in [0.15, 0.2) is 0 Å². The van der Waals surface area contributed by atoms with Crippen LogP contribution in [-0.4, -0.2) is 38.4 Å². The van der Waals surface area contributed by atoms with E-state index in [4.69, 9.17) is 5.11 Å². The number of benzene rings is 1. The molecule has 8 nitrogen and oxygen atoms in total. The van der Waals surface area contributed by atoms with Crippen LogP contribution >= 0.6 is 0 Å². The molecule has 0 aliphatic carbocycles. The van der Waals surface area contributed by atoms with E-state index in [0.717, 1.165) is 5.52 Å². The van der Waals surface area contributed by atoms with Crippen LogP contribution in [0.25, 0.3) is 10.9 Å². The number of nitrogens with one attached hydrogen (secondary N) is 1. The van der Waals surface area contributed by atoms with Crippen molar-refractivity contribution in [2.24, 2.45) is 5.16 Å². The molecule has 0 amide bonds. The van der Waals surface area contributed by atoms with Crippen LogP contribution in [0.5, 0.6) is 0 Å². The summed E-state index contributed by atoms with van der Waals surface area (Å²) in [5.41, 5.74) is -2.34. The van der Waals surface area contributed by atoms with Crippen LogP contribution in [0.4, 0.5) is 0 Å². The van der Waals surface area contributed by atoms with E-state index < -0.39 is 36.1 Å². The number of rotatable bonds is 6. The van der Waals surface area contributed by atoms with E-state index in [1.54, 1.807) is 24.3 Å². The van der Waals surface area contributed by atoms with Gasteiger partial charge in [0.05, 0.1) is 5.97 Å². The zero-order chi connectivity index (χ0) is 16.3. The average Bonchev–Trinajstić information content (AvgIpc) is 2.87. The Labute approximate surface area is 222 Å². The molecule has 2 aromatic rings. The summed E-state index contributed by atoms with van der Waals surface area (Å²) in [5.74, 6) is -3.56. The van der Waals surface area contributed by atoms with Gasteiger partial charge in [0.2, 0.25) is 0 Å². The Morgan fingerprint density at radius 2 is 1.88 bits per heavy atom. The third-order valence-corrected chi connectivity index (χ3v) is 3.35. The first kappa shape index (κ1) is 24.4. The summed E-state index contributed by atoms with van der Waals surface area (Å²) in [7, 11) is 0. The monoisotopic (exact) mass is 382 g/mol. The number of para-hydroxylation sites is 1. The zero-order valence-corrected chi connectivity index (χ0v) is 19.5. The van der Waals surface area contributed by atoms with Gasteiger partial charge in [-0.1, -0.05) is 18.2 Å². The minimum absolute atomic E-state index is 0.